The van der Waals surface area contributed by atoms with E-state index in [0.29, 0.717) is 16.4 Å². The topological polar surface area (TPSA) is 37.9 Å². The van der Waals surface area contributed by atoms with Crippen molar-refractivity contribution in [3.05, 3.63) is 56.5 Å². The van der Waals surface area contributed by atoms with Gasteiger partial charge < -0.3 is 9.72 Å². The molecule has 1 spiro atoms. The highest BCUT2D eigenvalue weighted by Crippen LogP contribution is 2.53. The van der Waals surface area contributed by atoms with Gasteiger partial charge in [0.05, 0.1) is 22.0 Å². The minimum absolute atomic E-state index is 0.306. The first-order chi connectivity index (χ1) is 12.1. The van der Waals surface area contributed by atoms with Crippen LogP contribution in [0.4, 0.5) is 4.39 Å². The van der Waals surface area contributed by atoms with Crippen LogP contribution < -0.4 is 4.74 Å². The molecule has 1 saturated carbocycles. The van der Waals surface area contributed by atoms with Crippen LogP contribution in [-0.4, -0.2) is 9.97 Å². The molecule has 2 aliphatic rings. The molecule has 1 aliphatic heterocycles. The molecular formula is C19H13ClFIN2O. The Labute approximate surface area is 162 Å². The predicted octanol–water partition coefficient (Wildman–Crippen LogP) is 5.91. The second-order valence-electron chi connectivity index (χ2n) is 6.50. The fourth-order valence-electron chi connectivity index (χ4n) is 3.63. The first kappa shape index (κ1) is 15.6. The number of hydrogen-bond acceptors (Lipinski definition) is 2. The normalized spacial score (nSPS) is 16.8. The van der Waals surface area contributed by atoms with Crippen molar-refractivity contribution in [2.24, 2.45) is 0 Å². The summed E-state index contributed by atoms with van der Waals surface area (Å²) in [5.74, 6) is 0.913. The van der Waals surface area contributed by atoms with Gasteiger partial charge in [0.1, 0.15) is 17.4 Å². The summed E-state index contributed by atoms with van der Waals surface area (Å²) in [4.78, 5) is 8.05. The average Bonchev–Trinajstić information content (AvgIpc) is 2.97. The van der Waals surface area contributed by atoms with Gasteiger partial charge in [-0.15, -0.1) is 0 Å². The number of halogens is 3. The van der Waals surface area contributed by atoms with Crippen LogP contribution >= 0.6 is 34.2 Å². The van der Waals surface area contributed by atoms with Crippen LogP contribution in [0.25, 0.3) is 22.6 Å². The quantitative estimate of drug-likeness (QED) is 0.453. The van der Waals surface area contributed by atoms with E-state index < -0.39 is 0 Å². The van der Waals surface area contributed by atoms with Gasteiger partial charge in [-0.3, -0.25) is 0 Å². The van der Waals surface area contributed by atoms with Crippen molar-refractivity contribution in [1.82, 2.24) is 9.97 Å². The standard InChI is InChI=1S/C19H13ClFIN2O/c20-12-3-1-4-13(21)15(12)18-23-16-11-6-5-10(22)9-14(11)25-19(7-2-8-19)17(16)24-18/h1,3-6,9H,2,7-8H2,(H,23,24). The Hall–Kier alpha value is -1.60. The molecule has 0 radical (unpaired) electrons. The highest BCUT2D eigenvalue weighted by Gasteiger charge is 2.48. The lowest BCUT2D eigenvalue weighted by molar-refractivity contribution is -0.0180. The largest absolute Gasteiger partial charge is 0.480 e. The number of nitrogens with one attached hydrogen (secondary N) is 1. The Morgan fingerprint density at radius 1 is 1.24 bits per heavy atom. The Morgan fingerprint density at radius 2 is 2.08 bits per heavy atom. The van der Waals surface area contributed by atoms with Crippen LogP contribution in [0.1, 0.15) is 25.0 Å². The highest BCUT2D eigenvalue weighted by molar-refractivity contribution is 14.1. The number of H-pyrrole nitrogens is 1. The van der Waals surface area contributed by atoms with Crippen LogP contribution in [-0.2, 0) is 5.60 Å². The predicted molar refractivity (Wildman–Crippen MR) is 103 cm³/mol. The van der Waals surface area contributed by atoms with E-state index in [1.165, 1.54) is 6.07 Å². The Bertz CT molecular complexity index is 992. The number of rotatable bonds is 1. The maximum Gasteiger partial charge on any atom is 0.151 e. The third kappa shape index (κ3) is 2.25. The lowest BCUT2D eigenvalue weighted by atomic mass is 9.75. The fourth-order valence-corrected chi connectivity index (χ4v) is 4.34. The van der Waals surface area contributed by atoms with E-state index in [-0.39, 0.29) is 11.4 Å². The van der Waals surface area contributed by atoms with E-state index in [1.54, 1.807) is 12.1 Å². The number of ether oxygens (including phenoxy) is 1. The molecule has 1 N–H and O–H groups in total. The van der Waals surface area contributed by atoms with Crippen molar-refractivity contribution in [2.45, 2.75) is 24.9 Å². The van der Waals surface area contributed by atoms with Gasteiger partial charge in [0, 0.05) is 9.13 Å². The second-order valence-corrected chi connectivity index (χ2v) is 8.15. The van der Waals surface area contributed by atoms with Crippen LogP contribution in [0.3, 0.4) is 0 Å². The molecule has 126 valence electrons. The van der Waals surface area contributed by atoms with Gasteiger partial charge in [0.25, 0.3) is 0 Å². The number of aromatic nitrogens is 2. The minimum atomic E-state index is -0.384. The van der Waals surface area contributed by atoms with E-state index in [2.05, 4.69) is 27.6 Å². The molecule has 3 aromatic rings. The van der Waals surface area contributed by atoms with Crippen molar-refractivity contribution in [3.63, 3.8) is 0 Å². The van der Waals surface area contributed by atoms with Crippen molar-refractivity contribution < 1.29 is 9.13 Å². The average molecular weight is 467 g/mol. The Kier molecular flexibility index (Phi) is 3.41. The number of nitrogens with zero attached hydrogens (tertiary/aromatic N) is 1. The van der Waals surface area contributed by atoms with E-state index in [4.69, 9.17) is 21.3 Å². The zero-order valence-electron chi connectivity index (χ0n) is 13.1. The Morgan fingerprint density at radius 3 is 2.80 bits per heavy atom. The molecule has 1 aliphatic carbocycles. The Balaban J connectivity index is 1.76. The molecule has 0 bridgehead atoms. The molecule has 3 nitrogen and oxygen atoms in total. The van der Waals surface area contributed by atoms with Crippen LogP contribution in [0.2, 0.25) is 5.02 Å². The van der Waals surface area contributed by atoms with E-state index in [1.807, 2.05) is 18.2 Å². The molecule has 1 fully saturated rings. The molecule has 0 saturated heterocycles. The van der Waals surface area contributed by atoms with Gasteiger partial charge in [0.15, 0.2) is 5.60 Å². The summed E-state index contributed by atoms with van der Waals surface area (Å²) < 4.78 is 21.8. The van der Waals surface area contributed by atoms with Gasteiger partial charge in [-0.25, -0.2) is 9.37 Å². The summed E-state index contributed by atoms with van der Waals surface area (Å²) in [6.07, 6.45) is 2.96. The molecule has 2 heterocycles. The summed E-state index contributed by atoms with van der Waals surface area (Å²) in [5, 5.41) is 0.345. The van der Waals surface area contributed by atoms with Gasteiger partial charge >= 0.3 is 0 Å². The van der Waals surface area contributed by atoms with Crippen LogP contribution in [0.15, 0.2) is 36.4 Å². The first-order valence-corrected chi connectivity index (χ1v) is 9.57. The van der Waals surface area contributed by atoms with Crippen molar-refractivity contribution in [3.8, 4) is 28.4 Å². The van der Waals surface area contributed by atoms with Crippen LogP contribution in [0, 0.1) is 9.39 Å². The zero-order chi connectivity index (χ0) is 17.2. The number of aromatic amines is 1. The number of hydrogen-bond donors (Lipinski definition) is 1. The molecule has 25 heavy (non-hydrogen) atoms. The van der Waals surface area contributed by atoms with Crippen molar-refractivity contribution in [1.29, 1.82) is 0 Å². The van der Waals surface area contributed by atoms with Gasteiger partial charge in [0.2, 0.25) is 0 Å². The summed E-state index contributed by atoms with van der Waals surface area (Å²) >= 11 is 8.51. The van der Waals surface area contributed by atoms with E-state index in [9.17, 15) is 4.39 Å². The van der Waals surface area contributed by atoms with Gasteiger partial charge in [-0.1, -0.05) is 17.7 Å². The third-order valence-corrected chi connectivity index (χ3v) is 6.01. The molecule has 0 atom stereocenters. The molecule has 0 amide bonds. The third-order valence-electron chi connectivity index (χ3n) is 5.02. The lowest BCUT2D eigenvalue weighted by Gasteiger charge is -2.44. The minimum Gasteiger partial charge on any atom is -0.480 e. The first-order valence-electron chi connectivity index (χ1n) is 8.11. The molecule has 6 heteroatoms. The molecule has 2 aromatic carbocycles. The maximum atomic E-state index is 14.4. The summed E-state index contributed by atoms with van der Waals surface area (Å²) in [7, 11) is 0. The smallest absolute Gasteiger partial charge is 0.151 e. The molecule has 0 unspecified atom stereocenters. The summed E-state index contributed by atoms with van der Waals surface area (Å²) in [6, 6.07) is 10.7. The number of imidazole rings is 1. The van der Waals surface area contributed by atoms with Crippen LogP contribution in [0.5, 0.6) is 5.75 Å². The molecular weight excluding hydrogens is 454 g/mol. The lowest BCUT2D eigenvalue weighted by Crippen LogP contribution is -2.42. The van der Waals surface area contributed by atoms with Crippen molar-refractivity contribution in [2.75, 3.05) is 0 Å². The number of benzene rings is 2. The molecule has 1 aromatic heterocycles. The maximum absolute atomic E-state index is 14.4. The summed E-state index contributed by atoms with van der Waals surface area (Å²) in [5.41, 5.74) is 2.63. The molecule has 5 rings (SSSR count). The monoisotopic (exact) mass is 466 g/mol. The number of fused-ring (bicyclic) bond motifs is 4. The van der Waals surface area contributed by atoms with Gasteiger partial charge in [-0.05, 0) is 72.2 Å². The van der Waals surface area contributed by atoms with E-state index >= 15 is 0 Å². The highest BCUT2D eigenvalue weighted by atomic mass is 127. The van der Waals surface area contributed by atoms with Crippen molar-refractivity contribution >= 4 is 34.2 Å². The zero-order valence-corrected chi connectivity index (χ0v) is 16.0. The van der Waals surface area contributed by atoms with Gasteiger partial charge in [-0.2, -0.15) is 0 Å². The van der Waals surface area contributed by atoms with E-state index in [0.717, 1.165) is 45.5 Å². The SMILES string of the molecule is Fc1cccc(Cl)c1-c1nc2c([nH]1)C1(CCC1)Oc1cc(I)ccc1-2. The summed E-state index contributed by atoms with van der Waals surface area (Å²) in [6.45, 7) is 0. The fraction of sp³-hybridized carbons (Fsp3) is 0.211. The second kappa shape index (κ2) is 5.45.